The number of carbonyl (C=O) groups excluding carboxylic acids is 2. The zero-order valence-electron chi connectivity index (χ0n) is 17.6. The lowest BCUT2D eigenvalue weighted by molar-refractivity contribution is -0.135. The van der Waals surface area contributed by atoms with Gasteiger partial charge in [0, 0.05) is 32.1 Å². The van der Waals surface area contributed by atoms with Crippen molar-refractivity contribution in [2.24, 2.45) is 11.0 Å². The maximum atomic E-state index is 13.1. The number of ether oxygens (including phenoxy) is 1. The van der Waals surface area contributed by atoms with Crippen LogP contribution in [-0.2, 0) is 14.3 Å². The minimum absolute atomic E-state index is 0.0841. The first kappa shape index (κ1) is 21.3. The van der Waals surface area contributed by atoms with Crippen molar-refractivity contribution in [2.75, 3.05) is 31.3 Å². The van der Waals surface area contributed by atoms with Crippen LogP contribution in [-0.4, -0.2) is 60.8 Å². The molecule has 0 radical (unpaired) electrons. The molecule has 0 saturated carbocycles. The van der Waals surface area contributed by atoms with E-state index in [0.717, 1.165) is 38.2 Å². The molecule has 29 heavy (non-hydrogen) atoms. The minimum Gasteiger partial charge on any atom is -0.461 e. The van der Waals surface area contributed by atoms with Gasteiger partial charge in [-0.2, -0.15) is 5.10 Å². The molecule has 1 fully saturated rings. The molecule has 1 atom stereocenters. The summed E-state index contributed by atoms with van der Waals surface area (Å²) in [5.41, 5.74) is 1.08. The molecule has 0 spiro atoms. The molecule has 0 aliphatic carbocycles. The highest BCUT2D eigenvalue weighted by Gasteiger charge is 2.37. The number of para-hydroxylation sites is 1. The third-order valence-electron chi connectivity index (χ3n) is 5.30. The summed E-state index contributed by atoms with van der Waals surface area (Å²) in [5.74, 6) is 0.113. The number of nitrogens with zero attached hydrogens (tertiary/aromatic N) is 3. The van der Waals surface area contributed by atoms with E-state index < -0.39 is 12.0 Å². The van der Waals surface area contributed by atoms with Crippen LogP contribution in [0.4, 0.5) is 5.69 Å². The molecule has 7 heteroatoms. The van der Waals surface area contributed by atoms with E-state index in [-0.39, 0.29) is 25.0 Å². The Morgan fingerprint density at radius 3 is 2.52 bits per heavy atom. The predicted molar refractivity (Wildman–Crippen MR) is 114 cm³/mol. The average Bonchev–Trinajstić information content (AvgIpc) is 3.16. The number of amides is 1. The molecule has 2 heterocycles. The minimum atomic E-state index is -0.537. The quantitative estimate of drug-likeness (QED) is 0.712. The fourth-order valence-electron chi connectivity index (χ4n) is 3.94. The van der Waals surface area contributed by atoms with Crippen molar-refractivity contribution in [1.29, 1.82) is 0 Å². The topological polar surface area (TPSA) is 74.2 Å². The standard InChI is InChI=1S/C22H32N4O3/c1-4-29-22(28)19-14-20(26(24-19)18-8-6-5-7-9-18)21(27)23-17-10-12-25(13-11-17)15-16(2)3/h5-9,16-17,20H,4,10-15H2,1-3H3,(H,23,27). The van der Waals surface area contributed by atoms with E-state index in [1.54, 1.807) is 11.9 Å². The highest BCUT2D eigenvalue weighted by Crippen LogP contribution is 2.25. The molecular formula is C22H32N4O3. The van der Waals surface area contributed by atoms with Crippen LogP contribution in [0.5, 0.6) is 0 Å². The third kappa shape index (κ3) is 5.56. The van der Waals surface area contributed by atoms with Crippen molar-refractivity contribution < 1.29 is 14.3 Å². The summed E-state index contributed by atoms with van der Waals surface area (Å²) in [6, 6.07) is 9.11. The van der Waals surface area contributed by atoms with E-state index in [1.165, 1.54) is 0 Å². The van der Waals surface area contributed by atoms with Gasteiger partial charge in [-0.3, -0.25) is 9.80 Å². The number of piperidine rings is 1. The van der Waals surface area contributed by atoms with Crippen molar-refractivity contribution in [3.63, 3.8) is 0 Å². The molecule has 1 aromatic rings. The lowest BCUT2D eigenvalue weighted by atomic mass is 10.0. The van der Waals surface area contributed by atoms with E-state index >= 15 is 0 Å². The summed E-state index contributed by atoms with van der Waals surface area (Å²) in [4.78, 5) is 27.7. The van der Waals surface area contributed by atoms with Crippen LogP contribution < -0.4 is 10.3 Å². The predicted octanol–water partition coefficient (Wildman–Crippen LogP) is 2.42. The van der Waals surface area contributed by atoms with Crippen molar-refractivity contribution >= 4 is 23.3 Å². The first-order valence-electron chi connectivity index (χ1n) is 10.6. The second kappa shape index (κ2) is 9.87. The zero-order chi connectivity index (χ0) is 20.8. The van der Waals surface area contributed by atoms with Crippen LogP contribution in [0.25, 0.3) is 0 Å². The normalized spacial score (nSPS) is 20.6. The maximum Gasteiger partial charge on any atom is 0.354 e. The summed E-state index contributed by atoms with van der Waals surface area (Å²) in [5, 5.41) is 9.26. The van der Waals surface area contributed by atoms with Crippen molar-refractivity contribution in [1.82, 2.24) is 10.2 Å². The molecule has 0 bridgehead atoms. The molecule has 3 rings (SSSR count). The van der Waals surface area contributed by atoms with Gasteiger partial charge in [-0.1, -0.05) is 32.0 Å². The van der Waals surface area contributed by atoms with Crippen molar-refractivity contribution in [2.45, 2.75) is 52.1 Å². The Balaban J connectivity index is 1.65. The van der Waals surface area contributed by atoms with Gasteiger partial charge in [-0.05, 0) is 37.8 Å². The molecule has 1 saturated heterocycles. The number of hydrogen-bond donors (Lipinski definition) is 1. The Morgan fingerprint density at radius 2 is 1.90 bits per heavy atom. The Hall–Kier alpha value is -2.41. The van der Waals surface area contributed by atoms with Gasteiger partial charge in [0.25, 0.3) is 0 Å². The fourth-order valence-corrected chi connectivity index (χ4v) is 3.94. The highest BCUT2D eigenvalue weighted by molar-refractivity contribution is 6.38. The summed E-state index contributed by atoms with van der Waals surface area (Å²) < 4.78 is 5.10. The van der Waals surface area contributed by atoms with Crippen LogP contribution >= 0.6 is 0 Å². The molecule has 158 valence electrons. The Labute approximate surface area is 173 Å². The molecule has 0 aromatic heterocycles. The zero-order valence-corrected chi connectivity index (χ0v) is 17.6. The van der Waals surface area contributed by atoms with Crippen LogP contribution in [0.2, 0.25) is 0 Å². The SMILES string of the molecule is CCOC(=O)C1=NN(c2ccccc2)C(C(=O)NC2CCN(CC(C)C)CC2)C1. The number of carbonyl (C=O) groups is 2. The van der Waals surface area contributed by atoms with Crippen LogP contribution in [0.15, 0.2) is 35.4 Å². The fraction of sp³-hybridized carbons (Fsp3) is 0.591. The number of benzene rings is 1. The third-order valence-corrected chi connectivity index (χ3v) is 5.30. The second-order valence-corrected chi connectivity index (χ2v) is 8.14. The molecular weight excluding hydrogens is 368 g/mol. The van der Waals surface area contributed by atoms with Gasteiger partial charge >= 0.3 is 5.97 Å². The van der Waals surface area contributed by atoms with E-state index in [9.17, 15) is 9.59 Å². The van der Waals surface area contributed by atoms with E-state index in [4.69, 9.17) is 4.74 Å². The number of anilines is 1. The van der Waals surface area contributed by atoms with Gasteiger partial charge < -0.3 is 15.0 Å². The van der Waals surface area contributed by atoms with Crippen molar-refractivity contribution in [3.05, 3.63) is 30.3 Å². The number of nitrogens with one attached hydrogen (secondary N) is 1. The van der Waals surface area contributed by atoms with Gasteiger partial charge in [0.15, 0.2) is 0 Å². The lowest BCUT2D eigenvalue weighted by Crippen LogP contribution is -2.50. The lowest BCUT2D eigenvalue weighted by Gasteiger charge is -2.34. The van der Waals surface area contributed by atoms with Gasteiger partial charge in [-0.25, -0.2) is 4.79 Å². The number of rotatable bonds is 7. The molecule has 1 amide bonds. The molecule has 1 N–H and O–H groups in total. The van der Waals surface area contributed by atoms with E-state index in [0.29, 0.717) is 11.6 Å². The van der Waals surface area contributed by atoms with Crippen molar-refractivity contribution in [3.8, 4) is 0 Å². The summed E-state index contributed by atoms with van der Waals surface area (Å²) in [7, 11) is 0. The van der Waals surface area contributed by atoms with E-state index in [2.05, 4.69) is 29.2 Å². The molecule has 2 aliphatic heterocycles. The van der Waals surface area contributed by atoms with Gasteiger partial charge in [0.2, 0.25) is 5.91 Å². The monoisotopic (exact) mass is 400 g/mol. The molecule has 7 nitrogen and oxygen atoms in total. The van der Waals surface area contributed by atoms with E-state index in [1.807, 2.05) is 30.3 Å². The molecule has 1 unspecified atom stereocenters. The summed E-state index contributed by atoms with van der Waals surface area (Å²) >= 11 is 0. The number of hydrogen-bond acceptors (Lipinski definition) is 6. The van der Waals surface area contributed by atoms with Crippen LogP contribution in [0.1, 0.15) is 40.0 Å². The largest absolute Gasteiger partial charge is 0.461 e. The second-order valence-electron chi connectivity index (χ2n) is 8.14. The average molecular weight is 401 g/mol. The highest BCUT2D eigenvalue weighted by atomic mass is 16.5. The Kier molecular flexibility index (Phi) is 7.25. The smallest absolute Gasteiger partial charge is 0.354 e. The van der Waals surface area contributed by atoms with Crippen LogP contribution in [0.3, 0.4) is 0 Å². The van der Waals surface area contributed by atoms with Crippen LogP contribution in [0, 0.1) is 5.92 Å². The maximum absolute atomic E-state index is 13.1. The molecule has 1 aromatic carbocycles. The summed E-state index contributed by atoms with van der Waals surface area (Å²) in [6.07, 6.45) is 2.15. The van der Waals surface area contributed by atoms with Gasteiger partial charge in [0.1, 0.15) is 11.8 Å². The van der Waals surface area contributed by atoms with Gasteiger partial charge in [0.05, 0.1) is 12.3 Å². The Bertz CT molecular complexity index is 727. The molecule has 2 aliphatic rings. The number of esters is 1. The first-order chi connectivity index (χ1) is 14.0. The summed E-state index contributed by atoms with van der Waals surface area (Å²) in [6.45, 7) is 9.61. The van der Waals surface area contributed by atoms with Gasteiger partial charge in [-0.15, -0.1) is 0 Å². The number of hydrazone groups is 1. The Morgan fingerprint density at radius 1 is 1.21 bits per heavy atom. The number of likely N-dealkylation sites (tertiary alicyclic amines) is 1. The first-order valence-corrected chi connectivity index (χ1v) is 10.6.